The average molecular weight is 281 g/mol. The molecule has 0 heterocycles. The number of aliphatic hydroxyl groups excluding tert-OH is 2. The van der Waals surface area contributed by atoms with Gasteiger partial charge < -0.3 is 10.2 Å². The van der Waals surface area contributed by atoms with Crippen molar-refractivity contribution in [3.8, 4) is 0 Å². The molecule has 6 heteroatoms. The van der Waals surface area contributed by atoms with E-state index < -0.39 is 22.7 Å². The molecule has 0 bridgehead atoms. The van der Waals surface area contributed by atoms with Gasteiger partial charge in [0.2, 0.25) is 10.0 Å². The highest BCUT2D eigenvalue weighted by Gasteiger charge is 2.15. The van der Waals surface area contributed by atoms with Crippen LogP contribution in [0.25, 0.3) is 10.8 Å². The Hall–Kier alpha value is -1.47. The first-order valence-corrected chi connectivity index (χ1v) is 7.28. The van der Waals surface area contributed by atoms with Crippen molar-refractivity contribution in [2.24, 2.45) is 0 Å². The molecule has 3 N–H and O–H groups in total. The van der Waals surface area contributed by atoms with Crippen LogP contribution < -0.4 is 4.72 Å². The third-order valence-corrected chi connectivity index (χ3v) is 4.17. The summed E-state index contributed by atoms with van der Waals surface area (Å²) in [5, 5.41) is 19.6. The topological polar surface area (TPSA) is 86.6 Å². The molecule has 5 nitrogen and oxygen atoms in total. The second kappa shape index (κ2) is 5.66. The van der Waals surface area contributed by atoms with E-state index in [1.807, 2.05) is 24.3 Å². The Morgan fingerprint density at radius 3 is 2.47 bits per heavy atom. The van der Waals surface area contributed by atoms with Crippen LogP contribution >= 0.6 is 0 Å². The fraction of sp³-hybridized carbons (Fsp3) is 0.231. The Labute approximate surface area is 111 Å². The average Bonchev–Trinajstić information content (AvgIpc) is 2.44. The Morgan fingerprint density at radius 2 is 1.79 bits per heavy atom. The molecule has 1 atom stereocenters. The van der Waals surface area contributed by atoms with E-state index in [9.17, 15) is 8.42 Å². The van der Waals surface area contributed by atoms with Gasteiger partial charge in [-0.1, -0.05) is 30.3 Å². The number of nitrogens with one attached hydrogen (secondary N) is 1. The highest BCUT2D eigenvalue weighted by molar-refractivity contribution is 7.89. The summed E-state index contributed by atoms with van der Waals surface area (Å²) >= 11 is 0. The van der Waals surface area contributed by atoms with Crippen molar-refractivity contribution in [2.75, 3.05) is 13.2 Å². The van der Waals surface area contributed by atoms with Crippen molar-refractivity contribution in [2.45, 2.75) is 11.0 Å². The van der Waals surface area contributed by atoms with Crippen molar-refractivity contribution in [3.63, 3.8) is 0 Å². The Bertz CT molecular complexity index is 669. The van der Waals surface area contributed by atoms with Gasteiger partial charge in [-0.05, 0) is 22.9 Å². The molecule has 0 amide bonds. The molecule has 0 saturated heterocycles. The van der Waals surface area contributed by atoms with E-state index in [4.69, 9.17) is 10.2 Å². The van der Waals surface area contributed by atoms with Gasteiger partial charge in [-0.15, -0.1) is 0 Å². The van der Waals surface area contributed by atoms with Gasteiger partial charge in [0.1, 0.15) is 0 Å². The fourth-order valence-corrected chi connectivity index (χ4v) is 2.80. The Kier molecular flexibility index (Phi) is 4.16. The number of aliphatic hydroxyl groups is 2. The lowest BCUT2D eigenvalue weighted by atomic mass is 10.1. The normalized spacial score (nSPS) is 13.6. The second-order valence-corrected chi connectivity index (χ2v) is 5.96. The summed E-state index contributed by atoms with van der Waals surface area (Å²) in [4.78, 5) is 0.135. The van der Waals surface area contributed by atoms with E-state index >= 15 is 0 Å². The Morgan fingerprint density at radius 1 is 1.11 bits per heavy atom. The molecular weight excluding hydrogens is 266 g/mol. The summed E-state index contributed by atoms with van der Waals surface area (Å²) in [6.07, 6.45) is -1.10. The molecule has 102 valence electrons. The maximum absolute atomic E-state index is 12.0. The number of benzene rings is 2. The summed E-state index contributed by atoms with van der Waals surface area (Å²) in [6.45, 7) is -0.702. The van der Waals surface area contributed by atoms with Crippen LogP contribution in [0.4, 0.5) is 0 Å². The van der Waals surface area contributed by atoms with Gasteiger partial charge in [0, 0.05) is 6.54 Å². The van der Waals surface area contributed by atoms with Crippen LogP contribution in [0, 0.1) is 0 Å². The summed E-state index contributed by atoms with van der Waals surface area (Å²) < 4.78 is 26.2. The van der Waals surface area contributed by atoms with E-state index in [2.05, 4.69) is 4.72 Å². The standard InChI is InChI=1S/C13H15NO4S/c15-9-12(16)8-14-19(17,18)13-6-5-10-3-1-2-4-11(10)7-13/h1-7,12,14-16H,8-9H2. The van der Waals surface area contributed by atoms with E-state index in [-0.39, 0.29) is 11.4 Å². The quantitative estimate of drug-likeness (QED) is 0.743. The highest BCUT2D eigenvalue weighted by Crippen LogP contribution is 2.18. The first-order valence-electron chi connectivity index (χ1n) is 5.80. The monoisotopic (exact) mass is 281 g/mol. The SMILES string of the molecule is O=S(=O)(NCC(O)CO)c1ccc2ccccc2c1. The minimum Gasteiger partial charge on any atom is -0.394 e. The van der Waals surface area contributed by atoms with E-state index in [0.29, 0.717) is 0 Å². The third kappa shape index (κ3) is 3.30. The number of sulfonamides is 1. The number of hydrogen-bond acceptors (Lipinski definition) is 4. The first-order chi connectivity index (χ1) is 9.03. The smallest absolute Gasteiger partial charge is 0.240 e. The fourth-order valence-electron chi connectivity index (χ4n) is 1.69. The van der Waals surface area contributed by atoms with Crippen molar-refractivity contribution < 1.29 is 18.6 Å². The maximum Gasteiger partial charge on any atom is 0.240 e. The van der Waals surface area contributed by atoms with Crippen LogP contribution in [0.15, 0.2) is 47.4 Å². The van der Waals surface area contributed by atoms with Crippen LogP contribution in [0.5, 0.6) is 0 Å². The van der Waals surface area contributed by atoms with Crippen LogP contribution in [-0.2, 0) is 10.0 Å². The third-order valence-electron chi connectivity index (χ3n) is 2.75. The van der Waals surface area contributed by atoms with Crippen LogP contribution in [0.1, 0.15) is 0 Å². The zero-order chi connectivity index (χ0) is 13.9. The summed E-state index contributed by atoms with van der Waals surface area (Å²) in [5.74, 6) is 0. The van der Waals surface area contributed by atoms with Gasteiger partial charge in [-0.2, -0.15) is 0 Å². The molecule has 2 aromatic rings. The number of fused-ring (bicyclic) bond motifs is 1. The van der Waals surface area contributed by atoms with Gasteiger partial charge in [-0.3, -0.25) is 0 Å². The Balaban J connectivity index is 2.27. The van der Waals surface area contributed by atoms with Crippen LogP contribution in [0.3, 0.4) is 0 Å². The molecule has 0 aliphatic rings. The second-order valence-electron chi connectivity index (χ2n) is 4.20. The number of rotatable bonds is 5. The molecule has 2 aromatic carbocycles. The molecule has 19 heavy (non-hydrogen) atoms. The summed E-state index contributed by atoms with van der Waals surface area (Å²) in [5.41, 5.74) is 0. The molecule has 0 aliphatic carbocycles. The van der Waals surface area contributed by atoms with E-state index in [1.165, 1.54) is 6.07 Å². The zero-order valence-corrected chi connectivity index (χ0v) is 11.0. The lowest BCUT2D eigenvalue weighted by molar-refractivity contribution is 0.0988. The number of hydrogen-bond donors (Lipinski definition) is 3. The largest absolute Gasteiger partial charge is 0.394 e. The van der Waals surface area contributed by atoms with Gasteiger partial charge in [0.15, 0.2) is 0 Å². The lowest BCUT2D eigenvalue weighted by Gasteiger charge is -2.10. The molecule has 0 aromatic heterocycles. The predicted molar refractivity (Wildman–Crippen MR) is 72.2 cm³/mol. The van der Waals surface area contributed by atoms with E-state index in [1.54, 1.807) is 12.1 Å². The van der Waals surface area contributed by atoms with Gasteiger partial charge >= 0.3 is 0 Å². The van der Waals surface area contributed by atoms with E-state index in [0.717, 1.165) is 10.8 Å². The molecule has 0 radical (unpaired) electrons. The molecule has 0 saturated carbocycles. The molecule has 0 aliphatic heterocycles. The van der Waals surface area contributed by atoms with Gasteiger partial charge in [0.25, 0.3) is 0 Å². The maximum atomic E-state index is 12.0. The lowest BCUT2D eigenvalue weighted by Crippen LogP contribution is -2.33. The highest BCUT2D eigenvalue weighted by atomic mass is 32.2. The van der Waals surface area contributed by atoms with Crippen molar-refractivity contribution in [1.82, 2.24) is 4.72 Å². The van der Waals surface area contributed by atoms with Crippen LogP contribution in [-0.4, -0.2) is 37.9 Å². The molecular formula is C13H15NO4S. The minimum absolute atomic E-state index is 0.135. The zero-order valence-electron chi connectivity index (χ0n) is 10.2. The molecule has 0 fully saturated rings. The predicted octanol–water partition coefficient (Wildman–Crippen LogP) is 0.471. The first kappa shape index (κ1) is 14.0. The summed E-state index contributed by atoms with van der Waals surface area (Å²) in [7, 11) is -3.68. The molecule has 0 spiro atoms. The molecule has 2 rings (SSSR count). The minimum atomic E-state index is -3.68. The summed E-state index contributed by atoms with van der Waals surface area (Å²) in [6, 6.07) is 12.3. The van der Waals surface area contributed by atoms with Crippen molar-refractivity contribution in [3.05, 3.63) is 42.5 Å². The van der Waals surface area contributed by atoms with Crippen molar-refractivity contribution >= 4 is 20.8 Å². The van der Waals surface area contributed by atoms with Crippen LogP contribution in [0.2, 0.25) is 0 Å². The van der Waals surface area contributed by atoms with Gasteiger partial charge in [0.05, 0.1) is 17.6 Å². The van der Waals surface area contributed by atoms with Gasteiger partial charge in [-0.25, -0.2) is 13.1 Å². The van der Waals surface area contributed by atoms with Crippen molar-refractivity contribution in [1.29, 1.82) is 0 Å². The molecule has 1 unspecified atom stereocenters.